The lowest BCUT2D eigenvalue weighted by molar-refractivity contribution is 0.660. The summed E-state index contributed by atoms with van der Waals surface area (Å²) in [6.45, 7) is 4.71. The van der Waals surface area contributed by atoms with Gasteiger partial charge >= 0.3 is 0 Å². The normalized spacial score (nSPS) is 13.1. The highest BCUT2D eigenvalue weighted by atomic mass is 15.1. The third-order valence-electron chi connectivity index (χ3n) is 26.3. The minimum atomic E-state index is -0.643. The fraction of sp³-hybridized carbons (Fsp3) is 0.0345. The second kappa shape index (κ2) is 27.1. The van der Waals surface area contributed by atoms with Gasteiger partial charge in [0.2, 0.25) is 0 Å². The second-order valence-electron chi connectivity index (χ2n) is 33.0. The summed E-state index contributed by atoms with van der Waals surface area (Å²) in [7, 11) is 0. The van der Waals surface area contributed by atoms with E-state index in [4.69, 9.17) is 0 Å². The Labute approximate surface area is 697 Å². The van der Waals surface area contributed by atoms with E-state index in [2.05, 4.69) is 470 Å². The van der Waals surface area contributed by atoms with Crippen LogP contribution in [0.15, 0.2) is 437 Å². The maximum Gasteiger partial charge on any atom is 0.0726 e. The number of anilines is 6. The molecule has 3 aliphatic rings. The predicted molar refractivity (Wildman–Crippen MR) is 503 cm³/mol. The summed E-state index contributed by atoms with van der Waals surface area (Å²) in [4.78, 5) is 4.87. The zero-order chi connectivity index (χ0) is 79.3. The Morgan fingerprint density at radius 1 is 0.192 bits per heavy atom. The Bertz CT molecular complexity index is 7690. The van der Waals surface area contributed by atoms with Gasteiger partial charge < -0.3 is 18.9 Å². The third-order valence-corrected chi connectivity index (χ3v) is 26.3. The quantitative estimate of drug-likeness (QED) is 0.114. The molecular formula is C116H78N4. The SMILES string of the molecule is CC1(C)c2ccccc2-c2ccc(N(c3ccccc3)c3ccc(-c4cccc(-c5ccc6c(c5)c5ccc(-c7cccc8c7-c7ccc(N(c9ccc(-c%10cccc(-c%11ccc%12c(c%11)c%11ccccc%11n%12-c%11ccccc%11)c%10)cc9)c9ccc%10ccccc%10c9)cc7C87c8ccccc8-c8ccccc87)cc5n6-c5ccccc5)c4)cc3)cc21. The molecule has 0 radical (unpaired) electrons. The molecule has 0 aliphatic heterocycles. The lowest BCUT2D eigenvalue weighted by Gasteiger charge is -2.32. The van der Waals surface area contributed by atoms with E-state index in [1.807, 2.05) is 0 Å². The van der Waals surface area contributed by atoms with Crippen LogP contribution in [0, 0.1) is 0 Å². The van der Waals surface area contributed by atoms with E-state index in [0.717, 1.165) is 78.8 Å². The standard InChI is InChI=1S/C116H78N4/c1-115(2)104-42-18-14-37-95(104)98-63-60-92(73-108(98)115)117(86-31-6-3-7-32-86)89-55-47-76(48-56-89)78-27-23-30-81(68-78)84-54-66-112-103(71-84)100-62-52-85(72-113(100)120(112)88-35-10-5-11-36-88)94-41-24-45-107-114(94)101-64-61-93(74-109(101)116(107)105-43-19-15-38-96(105)97-39-16-20-44-106(97)116)118(91-59-51-75-25-12-13-26-82(75)69-91)90-57-49-77(50-58-90)79-28-22-29-80(67-79)83-53-65-111-102(70-83)99-40-17-21-46-110(99)119(111)87-33-8-4-9-34-87/h3-74H,1-2H3. The Hall–Kier alpha value is -15.4. The largest absolute Gasteiger partial charge is 0.310 e. The first kappa shape index (κ1) is 69.0. The zero-order valence-corrected chi connectivity index (χ0v) is 66.4. The molecule has 0 N–H and O–H groups in total. The van der Waals surface area contributed by atoms with Crippen LogP contribution < -0.4 is 9.80 Å². The van der Waals surface area contributed by atoms with Crippen molar-refractivity contribution in [3.63, 3.8) is 0 Å². The number of fused-ring (bicyclic) bond motifs is 20. The fourth-order valence-electron chi connectivity index (χ4n) is 20.8. The summed E-state index contributed by atoms with van der Waals surface area (Å²) in [6.07, 6.45) is 0. The average Bonchev–Trinajstić information content (AvgIpc) is 1.50. The molecule has 0 saturated carbocycles. The van der Waals surface area contributed by atoms with Crippen molar-refractivity contribution in [2.45, 2.75) is 24.7 Å². The molecule has 24 rings (SSSR count). The molecule has 4 nitrogen and oxygen atoms in total. The van der Waals surface area contributed by atoms with Gasteiger partial charge in [0.05, 0.1) is 27.5 Å². The first-order valence-corrected chi connectivity index (χ1v) is 41.8. The van der Waals surface area contributed by atoms with Gasteiger partial charge in [0.1, 0.15) is 0 Å². The number of benzene rings is 19. The van der Waals surface area contributed by atoms with Gasteiger partial charge in [-0.05, 0) is 279 Å². The minimum absolute atomic E-state index is 0.117. The van der Waals surface area contributed by atoms with Gasteiger partial charge in [-0.25, -0.2) is 0 Å². The number of aromatic nitrogens is 2. The van der Waals surface area contributed by atoms with Gasteiger partial charge in [-0.2, -0.15) is 0 Å². The molecule has 0 fully saturated rings. The van der Waals surface area contributed by atoms with Crippen molar-refractivity contribution < 1.29 is 0 Å². The monoisotopic (exact) mass is 1530 g/mol. The van der Waals surface area contributed by atoms with Crippen LogP contribution in [-0.4, -0.2) is 9.13 Å². The van der Waals surface area contributed by atoms with Crippen molar-refractivity contribution in [2.24, 2.45) is 0 Å². The number of hydrogen-bond donors (Lipinski definition) is 0. The van der Waals surface area contributed by atoms with Crippen LogP contribution in [0.1, 0.15) is 47.2 Å². The predicted octanol–water partition coefficient (Wildman–Crippen LogP) is 31.0. The fourth-order valence-corrected chi connectivity index (χ4v) is 20.8. The zero-order valence-electron chi connectivity index (χ0n) is 66.4. The van der Waals surface area contributed by atoms with Crippen LogP contribution >= 0.6 is 0 Å². The molecule has 21 aromatic rings. The van der Waals surface area contributed by atoms with Crippen LogP contribution in [0.5, 0.6) is 0 Å². The summed E-state index contributed by atoms with van der Waals surface area (Å²) in [6, 6.07) is 163. The van der Waals surface area contributed by atoms with Gasteiger partial charge in [-0.1, -0.05) is 305 Å². The molecule has 0 saturated heterocycles. The van der Waals surface area contributed by atoms with Gasteiger partial charge in [0.15, 0.2) is 0 Å². The van der Waals surface area contributed by atoms with Crippen molar-refractivity contribution in [3.8, 4) is 100 Å². The minimum Gasteiger partial charge on any atom is -0.310 e. The van der Waals surface area contributed by atoms with Crippen molar-refractivity contribution in [2.75, 3.05) is 9.80 Å². The average molecular weight is 1530 g/mol. The first-order valence-electron chi connectivity index (χ1n) is 41.8. The van der Waals surface area contributed by atoms with Crippen molar-refractivity contribution in [1.82, 2.24) is 9.13 Å². The maximum atomic E-state index is 2.54. The van der Waals surface area contributed by atoms with Crippen LogP contribution in [0.25, 0.3) is 155 Å². The molecule has 2 heterocycles. The molecule has 4 heteroatoms. The molecule has 2 aromatic heterocycles. The van der Waals surface area contributed by atoms with E-state index in [1.165, 1.54) is 143 Å². The van der Waals surface area contributed by atoms with E-state index in [9.17, 15) is 0 Å². The highest BCUT2D eigenvalue weighted by molar-refractivity contribution is 6.14. The number of hydrogen-bond acceptors (Lipinski definition) is 2. The van der Waals surface area contributed by atoms with E-state index in [-0.39, 0.29) is 5.41 Å². The molecule has 562 valence electrons. The summed E-state index contributed by atoms with van der Waals surface area (Å²) in [5.41, 5.74) is 40.1. The molecule has 0 unspecified atom stereocenters. The van der Waals surface area contributed by atoms with E-state index < -0.39 is 5.41 Å². The summed E-state index contributed by atoms with van der Waals surface area (Å²) < 4.78 is 4.86. The Kier molecular flexibility index (Phi) is 15.6. The summed E-state index contributed by atoms with van der Waals surface area (Å²) >= 11 is 0. The highest BCUT2D eigenvalue weighted by Crippen LogP contribution is 2.65. The number of nitrogens with zero attached hydrogens (tertiary/aromatic N) is 4. The first-order chi connectivity index (χ1) is 59.2. The second-order valence-corrected chi connectivity index (χ2v) is 33.0. The van der Waals surface area contributed by atoms with Crippen LogP contribution in [0.2, 0.25) is 0 Å². The van der Waals surface area contributed by atoms with Gasteiger partial charge in [0.25, 0.3) is 0 Å². The van der Waals surface area contributed by atoms with Crippen molar-refractivity contribution in [1.29, 1.82) is 0 Å². The van der Waals surface area contributed by atoms with Crippen LogP contribution in [0.4, 0.5) is 34.1 Å². The van der Waals surface area contributed by atoms with Crippen molar-refractivity contribution in [3.05, 3.63) is 470 Å². The third kappa shape index (κ3) is 10.6. The summed E-state index contributed by atoms with van der Waals surface area (Å²) in [5.74, 6) is 0. The van der Waals surface area contributed by atoms with Crippen LogP contribution in [-0.2, 0) is 10.8 Å². The van der Waals surface area contributed by atoms with Gasteiger partial charge in [0, 0.05) is 72.5 Å². The molecule has 0 bridgehead atoms. The molecule has 0 amide bonds. The highest BCUT2D eigenvalue weighted by Gasteiger charge is 2.52. The molecule has 0 atom stereocenters. The van der Waals surface area contributed by atoms with E-state index in [0.29, 0.717) is 0 Å². The lowest BCUT2D eigenvalue weighted by atomic mass is 9.70. The Morgan fingerprint density at radius 2 is 0.583 bits per heavy atom. The topological polar surface area (TPSA) is 16.3 Å². The number of rotatable bonds is 13. The van der Waals surface area contributed by atoms with E-state index >= 15 is 0 Å². The molecule has 1 spiro atoms. The van der Waals surface area contributed by atoms with Crippen LogP contribution in [0.3, 0.4) is 0 Å². The van der Waals surface area contributed by atoms with Gasteiger partial charge in [-0.15, -0.1) is 0 Å². The summed E-state index contributed by atoms with van der Waals surface area (Å²) in [5, 5.41) is 7.28. The smallest absolute Gasteiger partial charge is 0.0726 e. The Balaban J connectivity index is 0.605. The van der Waals surface area contributed by atoms with Gasteiger partial charge in [-0.3, -0.25) is 0 Å². The maximum absolute atomic E-state index is 2.54. The molecule has 120 heavy (non-hydrogen) atoms. The molecule has 3 aliphatic carbocycles. The van der Waals surface area contributed by atoms with E-state index in [1.54, 1.807) is 0 Å². The van der Waals surface area contributed by atoms with Crippen molar-refractivity contribution >= 4 is 88.5 Å². The molecular weight excluding hydrogens is 1450 g/mol. The lowest BCUT2D eigenvalue weighted by Crippen LogP contribution is -2.26. The number of para-hydroxylation sites is 4. The Morgan fingerprint density at radius 3 is 1.20 bits per heavy atom. The molecule has 19 aromatic carbocycles.